The summed E-state index contributed by atoms with van der Waals surface area (Å²) >= 11 is 12.6. The minimum absolute atomic E-state index is 0.00828. The molecular formula is C18H17Cl2N5O4. The average Bonchev–Trinajstić information content (AvgIpc) is 2.65. The van der Waals surface area contributed by atoms with Gasteiger partial charge in [-0.2, -0.15) is 5.10 Å². The highest BCUT2D eigenvalue weighted by molar-refractivity contribution is 6.37. The van der Waals surface area contributed by atoms with Crippen molar-refractivity contribution in [1.29, 1.82) is 0 Å². The zero-order chi connectivity index (χ0) is 21.3. The molecule has 0 aliphatic carbocycles. The quantitative estimate of drug-likeness (QED) is 0.632. The van der Waals surface area contributed by atoms with Crippen molar-refractivity contribution in [2.45, 2.75) is 33.2 Å². The molecule has 9 nitrogen and oxygen atoms in total. The zero-order valence-corrected chi connectivity index (χ0v) is 17.3. The molecule has 0 aliphatic heterocycles. The second kappa shape index (κ2) is 8.22. The SMILES string of the molecule is CCn1nc(-c2cc(Cl)c(Oc3cc(C(C)C)c(=O)[nH]n3)c(Cl)c2)c(=O)[nH]c1=O. The number of halogens is 2. The van der Waals surface area contributed by atoms with Crippen molar-refractivity contribution in [3.8, 4) is 22.9 Å². The van der Waals surface area contributed by atoms with Gasteiger partial charge in [-0.3, -0.25) is 14.6 Å². The molecule has 0 spiro atoms. The van der Waals surface area contributed by atoms with Crippen LogP contribution >= 0.6 is 23.2 Å². The van der Waals surface area contributed by atoms with Crippen LogP contribution in [-0.4, -0.2) is 25.0 Å². The molecule has 0 bridgehead atoms. The molecule has 29 heavy (non-hydrogen) atoms. The predicted molar refractivity (Wildman–Crippen MR) is 109 cm³/mol. The Morgan fingerprint density at radius 3 is 2.34 bits per heavy atom. The fourth-order valence-corrected chi connectivity index (χ4v) is 3.18. The second-order valence-corrected chi connectivity index (χ2v) is 7.25. The van der Waals surface area contributed by atoms with Gasteiger partial charge in [0.15, 0.2) is 11.4 Å². The Morgan fingerprint density at radius 1 is 1.10 bits per heavy atom. The van der Waals surface area contributed by atoms with E-state index in [0.717, 1.165) is 4.68 Å². The molecular weight excluding hydrogens is 421 g/mol. The Bertz CT molecular complexity index is 1220. The Balaban J connectivity index is 2.04. The number of ether oxygens (including phenoxy) is 1. The summed E-state index contributed by atoms with van der Waals surface area (Å²) in [5.41, 5.74) is -0.778. The summed E-state index contributed by atoms with van der Waals surface area (Å²) in [7, 11) is 0. The molecule has 2 heterocycles. The third kappa shape index (κ3) is 4.25. The van der Waals surface area contributed by atoms with E-state index in [1.54, 1.807) is 6.92 Å². The van der Waals surface area contributed by atoms with Gasteiger partial charge in [0.2, 0.25) is 5.88 Å². The summed E-state index contributed by atoms with van der Waals surface area (Å²) in [4.78, 5) is 37.9. The van der Waals surface area contributed by atoms with Gasteiger partial charge in [-0.1, -0.05) is 37.0 Å². The number of hydrogen-bond acceptors (Lipinski definition) is 6. The number of H-pyrrole nitrogens is 2. The Labute approximate surface area is 174 Å². The molecule has 2 aromatic heterocycles. The lowest BCUT2D eigenvalue weighted by atomic mass is 10.1. The minimum Gasteiger partial charge on any atom is -0.434 e. The van der Waals surface area contributed by atoms with Crippen molar-refractivity contribution in [2.75, 3.05) is 0 Å². The number of hydrogen-bond donors (Lipinski definition) is 2. The van der Waals surface area contributed by atoms with E-state index in [1.165, 1.54) is 18.2 Å². The monoisotopic (exact) mass is 437 g/mol. The van der Waals surface area contributed by atoms with Crippen LogP contribution in [0.1, 0.15) is 32.3 Å². The van der Waals surface area contributed by atoms with Gasteiger partial charge in [0.1, 0.15) is 0 Å². The first-order valence-corrected chi connectivity index (χ1v) is 9.45. The highest BCUT2D eigenvalue weighted by Crippen LogP contribution is 2.38. The van der Waals surface area contributed by atoms with Gasteiger partial charge in [0.05, 0.1) is 10.0 Å². The molecule has 0 aliphatic rings. The Morgan fingerprint density at radius 2 is 1.76 bits per heavy atom. The molecule has 0 atom stereocenters. The summed E-state index contributed by atoms with van der Waals surface area (Å²) in [5, 5.41) is 10.5. The Hall–Kier alpha value is -2.91. The van der Waals surface area contributed by atoms with E-state index in [0.29, 0.717) is 11.1 Å². The number of rotatable bonds is 5. The topological polar surface area (TPSA) is 123 Å². The first-order chi connectivity index (χ1) is 13.7. The van der Waals surface area contributed by atoms with Gasteiger partial charge < -0.3 is 4.74 Å². The smallest absolute Gasteiger partial charge is 0.344 e. The van der Waals surface area contributed by atoms with Gasteiger partial charge in [-0.05, 0) is 25.0 Å². The lowest BCUT2D eigenvalue weighted by Crippen LogP contribution is -2.33. The lowest BCUT2D eigenvalue weighted by Gasteiger charge is -2.12. The van der Waals surface area contributed by atoms with E-state index < -0.39 is 11.2 Å². The van der Waals surface area contributed by atoms with Crippen LogP contribution in [0.25, 0.3) is 11.3 Å². The third-order valence-electron chi connectivity index (χ3n) is 4.10. The van der Waals surface area contributed by atoms with Crippen LogP contribution in [0.5, 0.6) is 11.6 Å². The summed E-state index contributed by atoms with van der Waals surface area (Å²) in [5.74, 6) is 0.177. The van der Waals surface area contributed by atoms with E-state index in [1.807, 2.05) is 13.8 Å². The normalized spacial score (nSPS) is 11.1. The van der Waals surface area contributed by atoms with E-state index in [9.17, 15) is 14.4 Å². The molecule has 0 saturated carbocycles. The standard InChI is InChI=1S/C18H17Cl2N5O4/c1-4-25-18(28)21-17(27)14(24-25)9-5-11(19)15(12(20)6-9)29-13-7-10(8(2)3)16(26)23-22-13/h5-8H,4H2,1-3H3,(H,23,26)(H,21,27,28). The molecule has 2 N–H and O–H groups in total. The Kier molecular flexibility index (Phi) is 5.90. The molecule has 0 amide bonds. The predicted octanol–water partition coefficient (Wildman–Crippen LogP) is 2.92. The van der Waals surface area contributed by atoms with E-state index in [-0.39, 0.29) is 45.4 Å². The maximum Gasteiger partial charge on any atom is 0.344 e. The second-order valence-electron chi connectivity index (χ2n) is 6.44. The molecule has 3 aromatic rings. The van der Waals surface area contributed by atoms with E-state index in [4.69, 9.17) is 27.9 Å². The van der Waals surface area contributed by atoms with E-state index >= 15 is 0 Å². The van der Waals surface area contributed by atoms with Crippen LogP contribution in [0.2, 0.25) is 10.0 Å². The first kappa shape index (κ1) is 20.8. The molecule has 3 rings (SSSR count). The van der Waals surface area contributed by atoms with Crippen LogP contribution in [0, 0.1) is 0 Å². The van der Waals surface area contributed by atoms with Crippen LogP contribution in [0.15, 0.2) is 32.6 Å². The van der Waals surface area contributed by atoms with Crippen molar-refractivity contribution >= 4 is 23.2 Å². The summed E-state index contributed by atoms with van der Waals surface area (Å²) in [6.07, 6.45) is 0. The number of aryl methyl sites for hydroxylation is 1. The van der Waals surface area contributed by atoms with Crippen LogP contribution in [0.4, 0.5) is 0 Å². The summed E-state index contributed by atoms with van der Waals surface area (Å²) in [6.45, 7) is 5.73. The van der Waals surface area contributed by atoms with Crippen LogP contribution < -0.4 is 21.5 Å². The van der Waals surface area contributed by atoms with Gasteiger partial charge in [0.25, 0.3) is 11.1 Å². The number of aromatic amines is 2. The summed E-state index contributed by atoms with van der Waals surface area (Å²) in [6, 6.07) is 4.40. The number of nitrogens with zero attached hydrogens (tertiary/aromatic N) is 3. The molecule has 0 fully saturated rings. The summed E-state index contributed by atoms with van der Waals surface area (Å²) < 4.78 is 6.78. The van der Waals surface area contributed by atoms with Gasteiger partial charge in [-0.25, -0.2) is 14.6 Å². The largest absolute Gasteiger partial charge is 0.434 e. The molecule has 0 saturated heterocycles. The van der Waals surface area contributed by atoms with E-state index in [2.05, 4.69) is 20.3 Å². The van der Waals surface area contributed by atoms with Crippen LogP contribution in [-0.2, 0) is 6.54 Å². The molecule has 1 aromatic carbocycles. The minimum atomic E-state index is -0.663. The number of nitrogens with one attached hydrogen (secondary N) is 2. The van der Waals surface area contributed by atoms with Crippen molar-refractivity contribution in [3.05, 3.63) is 65.0 Å². The molecule has 0 unspecified atom stereocenters. The lowest BCUT2D eigenvalue weighted by molar-refractivity contribution is 0.452. The number of aromatic nitrogens is 5. The third-order valence-corrected chi connectivity index (χ3v) is 4.66. The van der Waals surface area contributed by atoms with Gasteiger partial charge in [-0.15, -0.1) is 5.10 Å². The number of benzene rings is 1. The first-order valence-electron chi connectivity index (χ1n) is 8.69. The van der Waals surface area contributed by atoms with Gasteiger partial charge >= 0.3 is 5.69 Å². The fourth-order valence-electron chi connectivity index (χ4n) is 2.62. The average molecular weight is 438 g/mol. The van der Waals surface area contributed by atoms with Crippen molar-refractivity contribution < 1.29 is 4.74 Å². The zero-order valence-electron chi connectivity index (χ0n) is 15.7. The maximum absolute atomic E-state index is 12.1. The molecule has 0 radical (unpaired) electrons. The van der Waals surface area contributed by atoms with Gasteiger partial charge in [0, 0.05) is 23.7 Å². The van der Waals surface area contributed by atoms with Crippen molar-refractivity contribution in [2.24, 2.45) is 0 Å². The van der Waals surface area contributed by atoms with Crippen molar-refractivity contribution in [1.82, 2.24) is 25.0 Å². The van der Waals surface area contributed by atoms with Crippen molar-refractivity contribution in [3.63, 3.8) is 0 Å². The van der Waals surface area contributed by atoms with Crippen LogP contribution in [0.3, 0.4) is 0 Å². The molecule has 11 heteroatoms. The molecule has 152 valence electrons. The fraction of sp³-hybridized carbons (Fsp3) is 0.278. The maximum atomic E-state index is 12.1. The highest BCUT2D eigenvalue weighted by atomic mass is 35.5. The highest BCUT2D eigenvalue weighted by Gasteiger charge is 2.17.